The van der Waals surface area contributed by atoms with E-state index in [4.69, 9.17) is 4.74 Å². The number of carbonyl (C=O) groups is 1. The van der Waals surface area contributed by atoms with Gasteiger partial charge in [0.05, 0.1) is 39.0 Å². The van der Waals surface area contributed by atoms with Crippen LogP contribution in [0.5, 0.6) is 5.75 Å². The van der Waals surface area contributed by atoms with Gasteiger partial charge in [0.1, 0.15) is 5.75 Å². The predicted octanol–water partition coefficient (Wildman–Crippen LogP) is 2.35. The van der Waals surface area contributed by atoms with Crippen molar-refractivity contribution in [2.75, 3.05) is 43.5 Å². The standard InChI is InChI=1S/C23H31N3O2/c1-16-9-10-22(28-5)20(15-16)24-23(27)19(4)25-11-13-26(14-12-25)21-8-6-7-17(2)18(21)3/h6-10,15,19H,11-14H2,1-5H3,(H,24,27)/p+1/t19-/m0/s1. The second-order valence-electron chi connectivity index (χ2n) is 7.78. The van der Waals surface area contributed by atoms with Gasteiger partial charge in [-0.3, -0.25) is 4.79 Å². The van der Waals surface area contributed by atoms with Crippen molar-refractivity contribution in [1.82, 2.24) is 0 Å². The third-order valence-corrected chi connectivity index (χ3v) is 5.94. The highest BCUT2D eigenvalue weighted by atomic mass is 16.5. The molecule has 2 aromatic carbocycles. The summed E-state index contributed by atoms with van der Waals surface area (Å²) in [5, 5.41) is 3.06. The Hall–Kier alpha value is -2.53. The van der Waals surface area contributed by atoms with E-state index in [0.717, 1.165) is 37.4 Å². The summed E-state index contributed by atoms with van der Waals surface area (Å²) in [5.74, 6) is 0.736. The van der Waals surface area contributed by atoms with Crippen LogP contribution >= 0.6 is 0 Å². The minimum absolute atomic E-state index is 0.0408. The quantitative estimate of drug-likeness (QED) is 0.835. The molecule has 0 aromatic heterocycles. The zero-order valence-corrected chi connectivity index (χ0v) is 17.6. The zero-order valence-electron chi connectivity index (χ0n) is 17.6. The molecular weight excluding hydrogens is 350 g/mol. The average molecular weight is 383 g/mol. The molecule has 0 aliphatic carbocycles. The van der Waals surface area contributed by atoms with E-state index >= 15 is 0 Å². The lowest BCUT2D eigenvalue weighted by Crippen LogP contribution is -3.19. The number of aryl methyl sites for hydroxylation is 2. The summed E-state index contributed by atoms with van der Waals surface area (Å²) in [7, 11) is 1.63. The maximum Gasteiger partial charge on any atom is 0.282 e. The maximum absolute atomic E-state index is 12.8. The number of piperazine rings is 1. The summed E-state index contributed by atoms with van der Waals surface area (Å²) >= 11 is 0. The highest BCUT2D eigenvalue weighted by molar-refractivity contribution is 5.95. The molecule has 28 heavy (non-hydrogen) atoms. The van der Waals surface area contributed by atoms with Crippen molar-refractivity contribution in [1.29, 1.82) is 0 Å². The molecular formula is C23H32N3O2+. The first-order valence-electron chi connectivity index (χ1n) is 10.0. The second kappa shape index (κ2) is 8.65. The van der Waals surface area contributed by atoms with Crippen molar-refractivity contribution >= 4 is 17.3 Å². The summed E-state index contributed by atoms with van der Waals surface area (Å²) in [6.07, 6.45) is 0. The van der Waals surface area contributed by atoms with Crippen LogP contribution in [0.4, 0.5) is 11.4 Å². The van der Waals surface area contributed by atoms with Gasteiger partial charge in [-0.25, -0.2) is 0 Å². The van der Waals surface area contributed by atoms with Gasteiger partial charge in [-0.15, -0.1) is 0 Å². The number of nitrogens with zero attached hydrogens (tertiary/aromatic N) is 1. The zero-order chi connectivity index (χ0) is 20.3. The van der Waals surface area contributed by atoms with Crippen molar-refractivity contribution in [3.05, 3.63) is 53.1 Å². The van der Waals surface area contributed by atoms with Crippen LogP contribution in [-0.2, 0) is 4.79 Å². The number of benzene rings is 2. The molecule has 1 fully saturated rings. The van der Waals surface area contributed by atoms with E-state index in [9.17, 15) is 4.79 Å². The number of nitrogens with one attached hydrogen (secondary N) is 2. The van der Waals surface area contributed by atoms with Crippen LogP contribution in [0.3, 0.4) is 0 Å². The fourth-order valence-corrected chi connectivity index (χ4v) is 3.89. The van der Waals surface area contributed by atoms with Crippen LogP contribution in [-0.4, -0.2) is 45.2 Å². The summed E-state index contributed by atoms with van der Waals surface area (Å²) < 4.78 is 5.38. The highest BCUT2D eigenvalue weighted by Gasteiger charge is 2.30. The van der Waals surface area contributed by atoms with E-state index in [2.05, 4.69) is 42.3 Å². The van der Waals surface area contributed by atoms with Gasteiger partial charge in [0.25, 0.3) is 5.91 Å². The molecule has 1 aliphatic heterocycles. The number of hydrogen-bond donors (Lipinski definition) is 2. The van der Waals surface area contributed by atoms with E-state index in [1.807, 2.05) is 32.0 Å². The Bertz CT molecular complexity index is 842. The summed E-state index contributed by atoms with van der Waals surface area (Å²) in [6.45, 7) is 12.2. The molecule has 3 rings (SSSR count). The highest BCUT2D eigenvalue weighted by Crippen LogP contribution is 2.25. The van der Waals surface area contributed by atoms with Gasteiger partial charge in [0.15, 0.2) is 6.04 Å². The van der Waals surface area contributed by atoms with Crippen LogP contribution < -0.4 is 19.9 Å². The number of quaternary nitrogens is 1. The van der Waals surface area contributed by atoms with Crippen molar-refractivity contribution in [2.24, 2.45) is 0 Å². The first-order chi connectivity index (χ1) is 13.4. The van der Waals surface area contributed by atoms with Crippen LogP contribution in [0.25, 0.3) is 0 Å². The lowest BCUT2D eigenvalue weighted by atomic mass is 10.1. The summed E-state index contributed by atoms with van der Waals surface area (Å²) in [5.41, 5.74) is 5.84. The Morgan fingerprint density at radius 3 is 2.54 bits per heavy atom. The predicted molar refractivity (Wildman–Crippen MR) is 115 cm³/mol. The SMILES string of the molecule is COc1ccc(C)cc1NC(=O)[C@H](C)[NH+]1CCN(c2cccc(C)c2C)CC1. The molecule has 0 spiro atoms. The Kier molecular flexibility index (Phi) is 6.25. The first kappa shape index (κ1) is 20.2. The van der Waals surface area contributed by atoms with E-state index in [1.54, 1.807) is 7.11 Å². The molecule has 5 heteroatoms. The van der Waals surface area contributed by atoms with Crippen LogP contribution in [0.15, 0.2) is 36.4 Å². The molecule has 2 N–H and O–H groups in total. The number of ether oxygens (including phenoxy) is 1. The third-order valence-electron chi connectivity index (χ3n) is 5.94. The molecule has 1 aliphatic rings. The monoisotopic (exact) mass is 382 g/mol. The molecule has 0 saturated carbocycles. The van der Waals surface area contributed by atoms with Gasteiger partial charge in [-0.2, -0.15) is 0 Å². The average Bonchev–Trinajstić information content (AvgIpc) is 2.70. The lowest BCUT2D eigenvalue weighted by molar-refractivity contribution is -0.914. The first-order valence-corrected chi connectivity index (χ1v) is 10.0. The summed E-state index contributed by atoms with van der Waals surface area (Å²) in [6, 6.07) is 12.2. The fraction of sp³-hybridized carbons (Fsp3) is 0.435. The lowest BCUT2D eigenvalue weighted by Gasteiger charge is -2.36. The molecule has 0 radical (unpaired) electrons. The molecule has 1 saturated heterocycles. The maximum atomic E-state index is 12.8. The summed E-state index contributed by atoms with van der Waals surface area (Å²) in [4.78, 5) is 16.6. The van der Waals surface area contributed by atoms with Gasteiger partial charge in [0.2, 0.25) is 0 Å². The number of carbonyl (C=O) groups excluding carboxylic acids is 1. The fourth-order valence-electron chi connectivity index (χ4n) is 3.89. The van der Waals surface area contributed by atoms with E-state index in [1.165, 1.54) is 21.7 Å². The second-order valence-corrected chi connectivity index (χ2v) is 7.78. The molecule has 5 nitrogen and oxygen atoms in total. The van der Waals surface area contributed by atoms with E-state index in [0.29, 0.717) is 5.75 Å². The Morgan fingerprint density at radius 1 is 1.14 bits per heavy atom. The molecule has 1 atom stereocenters. The van der Waals surface area contributed by atoms with Crippen molar-refractivity contribution in [2.45, 2.75) is 33.7 Å². The van der Waals surface area contributed by atoms with E-state index in [-0.39, 0.29) is 11.9 Å². The van der Waals surface area contributed by atoms with E-state index < -0.39 is 0 Å². The molecule has 0 bridgehead atoms. The number of rotatable bonds is 5. The molecule has 1 amide bonds. The number of anilines is 2. The minimum Gasteiger partial charge on any atom is -0.495 e. The van der Waals surface area contributed by atoms with Gasteiger partial charge < -0.3 is 19.9 Å². The Morgan fingerprint density at radius 2 is 1.86 bits per heavy atom. The normalized spacial score (nSPS) is 16.0. The van der Waals surface area contributed by atoms with Gasteiger partial charge >= 0.3 is 0 Å². The van der Waals surface area contributed by atoms with Crippen molar-refractivity contribution in [3.63, 3.8) is 0 Å². The third kappa shape index (κ3) is 4.30. The van der Waals surface area contributed by atoms with Crippen molar-refractivity contribution in [3.8, 4) is 5.75 Å². The van der Waals surface area contributed by atoms with Crippen LogP contribution in [0.1, 0.15) is 23.6 Å². The van der Waals surface area contributed by atoms with Crippen LogP contribution in [0, 0.1) is 20.8 Å². The Labute approximate surface area is 168 Å². The van der Waals surface area contributed by atoms with Gasteiger partial charge in [0, 0.05) is 5.69 Å². The van der Waals surface area contributed by atoms with Gasteiger partial charge in [-0.05, 0) is 62.6 Å². The van der Waals surface area contributed by atoms with Crippen LogP contribution in [0.2, 0.25) is 0 Å². The largest absolute Gasteiger partial charge is 0.495 e. The number of amides is 1. The molecule has 1 heterocycles. The number of methoxy groups -OCH3 is 1. The topological polar surface area (TPSA) is 46.0 Å². The molecule has 150 valence electrons. The Balaban J connectivity index is 1.62. The van der Waals surface area contributed by atoms with Gasteiger partial charge in [-0.1, -0.05) is 18.2 Å². The smallest absolute Gasteiger partial charge is 0.282 e. The van der Waals surface area contributed by atoms with Crippen molar-refractivity contribution < 1.29 is 14.4 Å². The molecule has 2 aromatic rings. The molecule has 0 unspecified atom stereocenters. The minimum atomic E-state index is -0.106. The number of hydrogen-bond acceptors (Lipinski definition) is 3.